The van der Waals surface area contributed by atoms with E-state index in [9.17, 15) is 0 Å². The number of nitrogens with two attached hydrogens (primary N) is 1. The number of benzene rings is 1. The Bertz CT molecular complexity index is 319. The second-order valence-electron chi connectivity index (χ2n) is 4.53. The third-order valence-corrected chi connectivity index (χ3v) is 4.26. The molecule has 1 saturated carbocycles. The van der Waals surface area contributed by atoms with Crippen molar-refractivity contribution in [2.75, 3.05) is 6.26 Å². The minimum absolute atomic E-state index is 0.321. The molecule has 0 bridgehead atoms. The third kappa shape index (κ3) is 2.78. The molecule has 1 unspecified atom stereocenters. The highest BCUT2D eigenvalue weighted by Crippen LogP contribution is 2.34. The Kier molecular flexibility index (Phi) is 4.27. The van der Waals surface area contributed by atoms with Crippen molar-refractivity contribution in [2.45, 2.75) is 36.6 Å². The van der Waals surface area contributed by atoms with Crippen LogP contribution < -0.4 is 11.3 Å². The lowest BCUT2D eigenvalue weighted by atomic mass is 9.80. The van der Waals surface area contributed by atoms with Crippen LogP contribution in [0.5, 0.6) is 0 Å². The van der Waals surface area contributed by atoms with Gasteiger partial charge in [0.1, 0.15) is 0 Å². The molecule has 0 aliphatic heterocycles. The summed E-state index contributed by atoms with van der Waals surface area (Å²) in [6.45, 7) is 0. The smallest absolute Gasteiger partial charge is 0.0462 e. The maximum Gasteiger partial charge on any atom is 0.0462 e. The van der Waals surface area contributed by atoms with Crippen LogP contribution in [0.1, 0.15) is 37.3 Å². The van der Waals surface area contributed by atoms with E-state index in [0.717, 1.165) is 5.92 Å². The van der Waals surface area contributed by atoms with Crippen LogP contribution in [0.3, 0.4) is 0 Å². The fourth-order valence-corrected chi connectivity index (χ4v) is 2.61. The molecule has 0 saturated heterocycles. The van der Waals surface area contributed by atoms with Crippen LogP contribution in [0.2, 0.25) is 0 Å². The summed E-state index contributed by atoms with van der Waals surface area (Å²) >= 11 is 1.77. The van der Waals surface area contributed by atoms with Crippen molar-refractivity contribution >= 4 is 11.8 Å². The number of thioether (sulfide) groups is 1. The van der Waals surface area contributed by atoms with Gasteiger partial charge in [0.25, 0.3) is 0 Å². The fourth-order valence-electron chi connectivity index (χ4n) is 2.20. The molecule has 0 amide bonds. The molecule has 1 aliphatic carbocycles. The lowest BCUT2D eigenvalue weighted by Crippen LogP contribution is -2.31. The molecule has 1 aromatic rings. The van der Waals surface area contributed by atoms with E-state index in [1.165, 1.54) is 36.1 Å². The molecule has 2 nitrogen and oxygen atoms in total. The Balaban J connectivity index is 2.00. The van der Waals surface area contributed by atoms with Crippen molar-refractivity contribution in [3.05, 3.63) is 29.8 Å². The molecule has 16 heavy (non-hydrogen) atoms. The lowest BCUT2D eigenvalue weighted by molar-refractivity contribution is 0.262. The predicted molar refractivity (Wildman–Crippen MR) is 70.2 cm³/mol. The van der Waals surface area contributed by atoms with E-state index in [1.54, 1.807) is 11.8 Å². The largest absolute Gasteiger partial charge is 0.271 e. The summed E-state index contributed by atoms with van der Waals surface area (Å²) in [7, 11) is 0. The number of hydrogen-bond donors (Lipinski definition) is 2. The van der Waals surface area contributed by atoms with Gasteiger partial charge < -0.3 is 0 Å². The number of rotatable bonds is 5. The Morgan fingerprint density at radius 2 is 2.06 bits per heavy atom. The summed E-state index contributed by atoms with van der Waals surface area (Å²) in [6.07, 6.45) is 7.42. The molecule has 1 fully saturated rings. The first-order valence-corrected chi connectivity index (χ1v) is 7.16. The van der Waals surface area contributed by atoms with Crippen LogP contribution in [0.25, 0.3) is 0 Å². The van der Waals surface area contributed by atoms with Crippen molar-refractivity contribution < 1.29 is 0 Å². The van der Waals surface area contributed by atoms with Gasteiger partial charge in [-0.15, -0.1) is 11.8 Å². The Labute approximate surface area is 102 Å². The normalized spacial score (nSPS) is 18.1. The van der Waals surface area contributed by atoms with Crippen molar-refractivity contribution in [3.8, 4) is 0 Å². The molecule has 0 radical (unpaired) electrons. The average Bonchev–Trinajstić information content (AvgIpc) is 2.28. The van der Waals surface area contributed by atoms with Gasteiger partial charge in [0.15, 0.2) is 0 Å². The second kappa shape index (κ2) is 5.71. The molecule has 1 aromatic carbocycles. The van der Waals surface area contributed by atoms with Gasteiger partial charge in [0.2, 0.25) is 0 Å². The van der Waals surface area contributed by atoms with E-state index in [2.05, 4.69) is 35.9 Å². The zero-order valence-electron chi connectivity index (χ0n) is 9.78. The van der Waals surface area contributed by atoms with E-state index in [0.29, 0.717) is 6.04 Å². The van der Waals surface area contributed by atoms with Gasteiger partial charge in [-0.25, -0.2) is 0 Å². The maximum atomic E-state index is 5.65. The molecule has 3 N–H and O–H groups in total. The highest BCUT2D eigenvalue weighted by molar-refractivity contribution is 7.98. The number of hydrazine groups is 1. The molecule has 0 spiro atoms. The molecular weight excluding hydrogens is 216 g/mol. The predicted octanol–water partition coefficient (Wildman–Crippen LogP) is 3.10. The molecule has 0 aromatic heterocycles. The summed E-state index contributed by atoms with van der Waals surface area (Å²) in [6, 6.07) is 9.04. The zero-order valence-corrected chi connectivity index (χ0v) is 10.6. The summed E-state index contributed by atoms with van der Waals surface area (Å²) in [5.41, 5.74) is 4.26. The molecular formula is C13H20N2S. The van der Waals surface area contributed by atoms with Gasteiger partial charge in [-0.1, -0.05) is 31.4 Å². The van der Waals surface area contributed by atoms with Crippen LogP contribution in [-0.2, 0) is 0 Å². The summed E-state index contributed by atoms with van der Waals surface area (Å²) in [4.78, 5) is 1.31. The fraction of sp³-hybridized carbons (Fsp3) is 0.538. The molecule has 1 atom stereocenters. The number of nitrogens with one attached hydrogen (secondary N) is 1. The third-order valence-electron chi connectivity index (χ3n) is 3.51. The monoisotopic (exact) mass is 236 g/mol. The number of hydrogen-bond acceptors (Lipinski definition) is 3. The minimum atomic E-state index is 0.321. The van der Waals surface area contributed by atoms with Gasteiger partial charge in [0.05, 0.1) is 0 Å². The molecule has 1 aliphatic rings. The van der Waals surface area contributed by atoms with Crippen molar-refractivity contribution in [2.24, 2.45) is 11.8 Å². The van der Waals surface area contributed by atoms with Crippen molar-refractivity contribution in [1.29, 1.82) is 0 Å². The van der Waals surface area contributed by atoms with Gasteiger partial charge in [-0.3, -0.25) is 11.3 Å². The second-order valence-corrected chi connectivity index (χ2v) is 5.40. The summed E-state index contributed by atoms with van der Waals surface area (Å²) in [5, 5.41) is 0. The van der Waals surface area contributed by atoms with Crippen LogP contribution in [0.4, 0.5) is 0 Å². The Morgan fingerprint density at radius 1 is 1.38 bits per heavy atom. The van der Waals surface area contributed by atoms with Crippen LogP contribution >= 0.6 is 11.8 Å². The summed E-state index contributed by atoms with van der Waals surface area (Å²) < 4.78 is 0. The topological polar surface area (TPSA) is 38.0 Å². The van der Waals surface area contributed by atoms with E-state index in [-0.39, 0.29) is 0 Å². The SMILES string of the molecule is CSc1ccc(C(CC2CCC2)NN)cc1. The van der Waals surface area contributed by atoms with Crippen LogP contribution in [-0.4, -0.2) is 6.26 Å². The average molecular weight is 236 g/mol. The first kappa shape index (κ1) is 12.0. The molecule has 88 valence electrons. The highest BCUT2D eigenvalue weighted by atomic mass is 32.2. The van der Waals surface area contributed by atoms with Gasteiger partial charge in [-0.2, -0.15) is 0 Å². The van der Waals surface area contributed by atoms with Crippen molar-refractivity contribution in [1.82, 2.24) is 5.43 Å². The lowest BCUT2D eigenvalue weighted by Gasteiger charge is -2.29. The van der Waals surface area contributed by atoms with E-state index >= 15 is 0 Å². The highest BCUT2D eigenvalue weighted by Gasteiger charge is 2.22. The van der Waals surface area contributed by atoms with E-state index in [1.807, 2.05) is 0 Å². The summed E-state index contributed by atoms with van der Waals surface area (Å²) in [5.74, 6) is 6.52. The molecule has 2 rings (SSSR count). The van der Waals surface area contributed by atoms with Crippen LogP contribution in [0.15, 0.2) is 29.2 Å². The minimum Gasteiger partial charge on any atom is -0.271 e. The van der Waals surface area contributed by atoms with E-state index in [4.69, 9.17) is 5.84 Å². The quantitative estimate of drug-likeness (QED) is 0.469. The standard InChI is InChI=1S/C13H20N2S/c1-16-12-7-5-11(6-8-12)13(15-14)9-10-3-2-4-10/h5-8,10,13,15H,2-4,9,14H2,1H3. The Morgan fingerprint density at radius 3 is 2.50 bits per heavy atom. The van der Waals surface area contributed by atoms with Gasteiger partial charge in [0, 0.05) is 10.9 Å². The maximum absolute atomic E-state index is 5.65. The van der Waals surface area contributed by atoms with Crippen LogP contribution in [0, 0.1) is 5.92 Å². The van der Waals surface area contributed by atoms with Gasteiger partial charge >= 0.3 is 0 Å². The Hall–Kier alpha value is -0.510. The van der Waals surface area contributed by atoms with Gasteiger partial charge in [-0.05, 0) is 36.3 Å². The molecule has 3 heteroatoms. The molecule has 0 heterocycles. The zero-order chi connectivity index (χ0) is 11.4. The first-order chi connectivity index (χ1) is 7.83. The first-order valence-electron chi connectivity index (χ1n) is 5.93. The van der Waals surface area contributed by atoms with E-state index < -0.39 is 0 Å². The van der Waals surface area contributed by atoms with Crippen molar-refractivity contribution in [3.63, 3.8) is 0 Å².